The van der Waals surface area contributed by atoms with Crippen LogP contribution in [0, 0.1) is 10.5 Å². The van der Waals surface area contributed by atoms with Crippen LogP contribution < -0.4 is 5.32 Å². The van der Waals surface area contributed by atoms with Gasteiger partial charge >= 0.3 is 0 Å². The summed E-state index contributed by atoms with van der Waals surface area (Å²) in [6, 6.07) is 10.3. The third kappa shape index (κ3) is 3.68. The molecule has 0 aliphatic carbocycles. The molecule has 1 aromatic carbocycles. The van der Waals surface area contributed by atoms with Crippen molar-refractivity contribution in [3.8, 4) is 0 Å². The number of nitrogens with zero attached hydrogens (tertiary/aromatic N) is 1. The van der Waals surface area contributed by atoms with Crippen LogP contribution in [0.4, 0.5) is 0 Å². The van der Waals surface area contributed by atoms with Crippen molar-refractivity contribution >= 4 is 34.2 Å². The minimum absolute atomic E-state index is 0.221. The monoisotopic (exact) mass is 386 g/mol. The minimum Gasteiger partial charge on any atom is -0.313 e. The average molecular weight is 387 g/mol. The molecule has 1 aromatic heterocycles. The van der Waals surface area contributed by atoms with Gasteiger partial charge < -0.3 is 5.32 Å². The lowest BCUT2D eigenvalue weighted by Gasteiger charge is -2.19. The Hall–Kier alpha value is -0.650. The Morgan fingerprint density at radius 1 is 1.37 bits per heavy atom. The molecule has 0 radical (unpaired) electrons. The van der Waals surface area contributed by atoms with Crippen LogP contribution in [0.1, 0.15) is 22.9 Å². The first kappa shape index (κ1) is 14.8. The number of aromatic nitrogens is 1. The van der Waals surface area contributed by atoms with E-state index in [4.69, 9.17) is 11.6 Å². The normalized spacial score (nSPS) is 12.4. The SMILES string of the molecule is CNC(Cc1ncccc1C)c1cc(Cl)ccc1I. The molecule has 0 aliphatic heterocycles. The molecule has 0 amide bonds. The van der Waals surface area contributed by atoms with E-state index in [-0.39, 0.29) is 6.04 Å². The van der Waals surface area contributed by atoms with E-state index in [2.05, 4.69) is 45.9 Å². The van der Waals surface area contributed by atoms with E-state index < -0.39 is 0 Å². The van der Waals surface area contributed by atoms with Crippen molar-refractivity contribution in [2.24, 2.45) is 0 Å². The van der Waals surface area contributed by atoms with Gasteiger partial charge in [0.15, 0.2) is 0 Å². The topological polar surface area (TPSA) is 24.9 Å². The number of halogens is 2. The summed E-state index contributed by atoms with van der Waals surface area (Å²) in [7, 11) is 1.97. The van der Waals surface area contributed by atoms with Gasteiger partial charge in [-0.25, -0.2) is 0 Å². The number of hydrogen-bond acceptors (Lipinski definition) is 2. The molecule has 2 rings (SSSR count). The largest absolute Gasteiger partial charge is 0.313 e. The molecule has 0 aliphatic rings. The molecule has 1 N–H and O–H groups in total. The van der Waals surface area contributed by atoms with Crippen LogP contribution in [0.15, 0.2) is 36.5 Å². The number of aryl methyl sites for hydroxylation is 1. The van der Waals surface area contributed by atoms with E-state index >= 15 is 0 Å². The number of pyridine rings is 1. The maximum absolute atomic E-state index is 6.11. The fourth-order valence-electron chi connectivity index (χ4n) is 2.07. The molecule has 1 atom stereocenters. The van der Waals surface area contributed by atoms with Crippen LogP contribution in [0.2, 0.25) is 5.02 Å². The molecular weight excluding hydrogens is 371 g/mol. The molecule has 0 saturated heterocycles. The van der Waals surface area contributed by atoms with Crippen LogP contribution >= 0.6 is 34.2 Å². The molecule has 100 valence electrons. The number of hydrogen-bond donors (Lipinski definition) is 1. The number of likely N-dealkylation sites (N-methyl/N-ethyl adjacent to an activating group) is 1. The lowest BCUT2D eigenvalue weighted by atomic mass is 10.00. The molecule has 1 heterocycles. The predicted octanol–water partition coefficient (Wildman–Crippen LogP) is 4.15. The molecule has 4 heteroatoms. The summed E-state index contributed by atoms with van der Waals surface area (Å²) in [6.07, 6.45) is 2.71. The van der Waals surface area contributed by atoms with Gasteiger partial charge in [-0.1, -0.05) is 17.7 Å². The zero-order valence-electron chi connectivity index (χ0n) is 11.0. The second kappa shape index (κ2) is 6.68. The fourth-order valence-corrected chi connectivity index (χ4v) is 2.97. The van der Waals surface area contributed by atoms with Gasteiger partial charge in [0.1, 0.15) is 0 Å². The first-order chi connectivity index (χ1) is 9.11. The van der Waals surface area contributed by atoms with E-state index in [1.807, 2.05) is 37.5 Å². The second-order valence-electron chi connectivity index (χ2n) is 4.48. The maximum atomic E-state index is 6.11. The van der Waals surface area contributed by atoms with E-state index in [1.54, 1.807) is 0 Å². The van der Waals surface area contributed by atoms with Crippen LogP contribution in [0.3, 0.4) is 0 Å². The van der Waals surface area contributed by atoms with E-state index in [0.717, 1.165) is 17.1 Å². The molecule has 0 saturated carbocycles. The van der Waals surface area contributed by atoms with E-state index in [1.165, 1.54) is 14.7 Å². The average Bonchev–Trinajstić information content (AvgIpc) is 2.41. The quantitative estimate of drug-likeness (QED) is 0.799. The molecule has 2 aromatic rings. The summed E-state index contributed by atoms with van der Waals surface area (Å²) in [5.74, 6) is 0. The standard InChI is InChI=1S/C15H16ClIN2/c1-10-4-3-7-19-14(10)9-15(18-2)12-8-11(16)5-6-13(12)17/h3-8,15,18H,9H2,1-2H3. The highest BCUT2D eigenvalue weighted by atomic mass is 127. The van der Waals surface area contributed by atoms with Crippen molar-refractivity contribution in [3.63, 3.8) is 0 Å². The summed E-state index contributed by atoms with van der Waals surface area (Å²) in [5.41, 5.74) is 3.57. The Morgan fingerprint density at radius 3 is 2.84 bits per heavy atom. The molecular formula is C15H16ClIN2. The summed E-state index contributed by atoms with van der Waals surface area (Å²) < 4.78 is 1.22. The van der Waals surface area contributed by atoms with Crippen molar-refractivity contribution < 1.29 is 0 Å². The summed E-state index contributed by atoms with van der Waals surface area (Å²) in [5, 5.41) is 4.13. The Balaban J connectivity index is 2.30. The third-order valence-corrected chi connectivity index (χ3v) is 4.41. The summed E-state index contributed by atoms with van der Waals surface area (Å²) >= 11 is 8.45. The van der Waals surface area contributed by atoms with Gasteiger partial charge in [-0.15, -0.1) is 0 Å². The van der Waals surface area contributed by atoms with Crippen LogP contribution in [-0.4, -0.2) is 12.0 Å². The van der Waals surface area contributed by atoms with Crippen LogP contribution in [0.25, 0.3) is 0 Å². The molecule has 19 heavy (non-hydrogen) atoms. The van der Waals surface area contributed by atoms with Crippen molar-refractivity contribution in [3.05, 3.63) is 61.9 Å². The van der Waals surface area contributed by atoms with Gasteiger partial charge in [0.05, 0.1) is 0 Å². The van der Waals surface area contributed by atoms with Crippen molar-refractivity contribution in [1.82, 2.24) is 10.3 Å². The van der Waals surface area contributed by atoms with Crippen molar-refractivity contribution in [2.45, 2.75) is 19.4 Å². The molecule has 0 spiro atoms. The van der Waals surface area contributed by atoms with Gasteiger partial charge in [0, 0.05) is 32.9 Å². The lowest BCUT2D eigenvalue weighted by molar-refractivity contribution is 0.580. The van der Waals surface area contributed by atoms with Crippen molar-refractivity contribution in [2.75, 3.05) is 7.05 Å². The van der Waals surface area contributed by atoms with Gasteiger partial charge in [0.2, 0.25) is 0 Å². The Kier molecular flexibility index (Phi) is 5.19. The minimum atomic E-state index is 0.221. The van der Waals surface area contributed by atoms with Gasteiger partial charge in [-0.3, -0.25) is 4.98 Å². The number of benzene rings is 1. The second-order valence-corrected chi connectivity index (χ2v) is 6.08. The first-order valence-corrected chi connectivity index (χ1v) is 7.60. The predicted molar refractivity (Wildman–Crippen MR) is 88.6 cm³/mol. The van der Waals surface area contributed by atoms with Gasteiger partial charge in [-0.2, -0.15) is 0 Å². The Labute approximate surface area is 132 Å². The molecule has 0 bridgehead atoms. The van der Waals surface area contributed by atoms with Crippen molar-refractivity contribution in [1.29, 1.82) is 0 Å². The van der Waals surface area contributed by atoms with E-state index in [0.29, 0.717) is 0 Å². The maximum Gasteiger partial charge on any atom is 0.0451 e. The van der Waals surface area contributed by atoms with Crippen LogP contribution in [0.5, 0.6) is 0 Å². The number of rotatable bonds is 4. The Morgan fingerprint density at radius 2 is 2.16 bits per heavy atom. The zero-order valence-corrected chi connectivity index (χ0v) is 13.9. The summed E-state index contributed by atoms with van der Waals surface area (Å²) in [6.45, 7) is 2.10. The molecule has 0 fully saturated rings. The van der Waals surface area contributed by atoms with Gasteiger partial charge in [0.25, 0.3) is 0 Å². The van der Waals surface area contributed by atoms with Crippen LogP contribution in [-0.2, 0) is 6.42 Å². The van der Waals surface area contributed by atoms with E-state index in [9.17, 15) is 0 Å². The molecule has 1 unspecified atom stereocenters. The first-order valence-electron chi connectivity index (χ1n) is 6.14. The smallest absolute Gasteiger partial charge is 0.0451 e. The number of nitrogens with one attached hydrogen (secondary N) is 1. The zero-order chi connectivity index (χ0) is 13.8. The third-order valence-electron chi connectivity index (χ3n) is 3.20. The fraction of sp³-hybridized carbons (Fsp3) is 0.267. The lowest BCUT2D eigenvalue weighted by Crippen LogP contribution is -2.20. The highest BCUT2D eigenvalue weighted by Crippen LogP contribution is 2.26. The highest BCUT2D eigenvalue weighted by Gasteiger charge is 2.15. The summed E-state index contributed by atoms with van der Waals surface area (Å²) in [4.78, 5) is 4.47. The Bertz CT molecular complexity index is 572. The van der Waals surface area contributed by atoms with Gasteiger partial charge in [-0.05, 0) is 72.0 Å². The molecule has 2 nitrogen and oxygen atoms in total. The highest BCUT2D eigenvalue weighted by molar-refractivity contribution is 14.1.